The maximum atomic E-state index is 12.0. The number of ether oxygens (including phenoxy) is 1. The quantitative estimate of drug-likeness (QED) is 0.789. The lowest BCUT2D eigenvalue weighted by Gasteiger charge is -2.23. The predicted molar refractivity (Wildman–Crippen MR) is 87.5 cm³/mol. The highest BCUT2D eigenvalue weighted by molar-refractivity contribution is 5.90. The van der Waals surface area contributed by atoms with Crippen molar-refractivity contribution < 1.29 is 19.1 Å². The second-order valence-corrected chi connectivity index (χ2v) is 6.08. The van der Waals surface area contributed by atoms with Gasteiger partial charge < -0.3 is 24.9 Å². The summed E-state index contributed by atoms with van der Waals surface area (Å²) in [6.45, 7) is 5.85. The minimum atomic E-state index is -0.892. The molecule has 124 valence electrons. The van der Waals surface area contributed by atoms with E-state index in [-0.39, 0.29) is 12.1 Å². The third-order valence-corrected chi connectivity index (χ3v) is 2.88. The number of carbonyl (C=O) groups excluding carboxylic acids is 1. The summed E-state index contributed by atoms with van der Waals surface area (Å²) in [4.78, 5) is 12.0. The standard InChI is InChI=1S/C17H22N2O4/c1-17(2,3)23-14-8-5-4-7-12(14)19-16(21)18-11-13(20)15-9-6-10-22-15/h4-10,13,20H,11H2,1-3H3,(H2,18,19,21)/t13-/m1/s1. The van der Waals surface area contributed by atoms with E-state index in [1.807, 2.05) is 32.9 Å². The normalized spacial score (nSPS) is 12.5. The Kier molecular flexibility index (Phi) is 5.28. The van der Waals surface area contributed by atoms with Crippen LogP contribution >= 0.6 is 0 Å². The molecule has 2 amide bonds. The Bertz CT molecular complexity index is 632. The zero-order chi connectivity index (χ0) is 16.9. The lowest BCUT2D eigenvalue weighted by atomic mass is 10.2. The SMILES string of the molecule is CC(C)(C)Oc1ccccc1NC(=O)NC[C@@H](O)c1ccco1. The lowest BCUT2D eigenvalue weighted by Crippen LogP contribution is -2.32. The topological polar surface area (TPSA) is 83.7 Å². The van der Waals surface area contributed by atoms with Gasteiger partial charge in [0, 0.05) is 0 Å². The smallest absolute Gasteiger partial charge is 0.319 e. The van der Waals surface area contributed by atoms with Gasteiger partial charge in [-0.25, -0.2) is 4.79 Å². The van der Waals surface area contributed by atoms with Crippen LogP contribution in [0.3, 0.4) is 0 Å². The van der Waals surface area contributed by atoms with E-state index >= 15 is 0 Å². The highest BCUT2D eigenvalue weighted by atomic mass is 16.5. The van der Waals surface area contributed by atoms with Crippen LogP contribution < -0.4 is 15.4 Å². The van der Waals surface area contributed by atoms with E-state index in [0.29, 0.717) is 17.2 Å². The largest absolute Gasteiger partial charge is 0.486 e. The van der Waals surface area contributed by atoms with Crippen LogP contribution in [0.2, 0.25) is 0 Å². The number of urea groups is 1. The van der Waals surface area contributed by atoms with Gasteiger partial charge in [0.15, 0.2) is 0 Å². The Morgan fingerprint density at radius 2 is 2.00 bits per heavy atom. The molecule has 2 rings (SSSR count). The van der Waals surface area contributed by atoms with Crippen molar-refractivity contribution in [1.82, 2.24) is 5.32 Å². The number of amides is 2. The highest BCUT2D eigenvalue weighted by Crippen LogP contribution is 2.27. The number of rotatable bonds is 5. The summed E-state index contributed by atoms with van der Waals surface area (Å²) in [5.74, 6) is 0.989. The monoisotopic (exact) mass is 318 g/mol. The van der Waals surface area contributed by atoms with E-state index in [1.54, 1.807) is 24.3 Å². The lowest BCUT2D eigenvalue weighted by molar-refractivity contribution is 0.132. The van der Waals surface area contributed by atoms with Crippen LogP contribution in [0, 0.1) is 0 Å². The third-order valence-electron chi connectivity index (χ3n) is 2.88. The number of benzene rings is 1. The maximum absolute atomic E-state index is 12.0. The van der Waals surface area contributed by atoms with Crippen LogP contribution in [-0.2, 0) is 0 Å². The zero-order valence-corrected chi connectivity index (χ0v) is 13.5. The summed E-state index contributed by atoms with van der Waals surface area (Å²) in [5.41, 5.74) is 0.191. The van der Waals surface area contributed by atoms with Crippen molar-refractivity contribution in [2.45, 2.75) is 32.5 Å². The van der Waals surface area contributed by atoms with Crippen molar-refractivity contribution in [3.63, 3.8) is 0 Å². The van der Waals surface area contributed by atoms with Crippen LogP contribution in [0.25, 0.3) is 0 Å². The van der Waals surface area contributed by atoms with Crippen LogP contribution in [0.5, 0.6) is 5.75 Å². The molecule has 0 unspecified atom stereocenters. The van der Waals surface area contributed by atoms with Gasteiger partial charge in [0.2, 0.25) is 0 Å². The summed E-state index contributed by atoms with van der Waals surface area (Å²) in [7, 11) is 0. The molecule has 1 aromatic heterocycles. The molecule has 2 aromatic rings. The van der Waals surface area contributed by atoms with E-state index in [0.717, 1.165) is 0 Å². The number of furan rings is 1. The van der Waals surface area contributed by atoms with Gasteiger partial charge >= 0.3 is 6.03 Å². The maximum Gasteiger partial charge on any atom is 0.319 e. The molecule has 0 aliphatic carbocycles. The first-order valence-electron chi connectivity index (χ1n) is 7.39. The minimum absolute atomic E-state index is 0.0433. The number of hydrogen-bond acceptors (Lipinski definition) is 4. The molecule has 0 fully saturated rings. The molecule has 0 radical (unpaired) electrons. The molecule has 1 heterocycles. The summed E-state index contributed by atoms with van der Waals surface area (Å²) in [5, 5.41) is 15.2. The Balaban J connectivity index is 1.93. The molecule has 0 aliphatic rings. The molecular formula is C17H22N2O4. The van der Waals surface area contributed by atoms with Gasteiger partial charge in [-0.1, -0.05) is 12.1 Å². The van der Waals surface area contributed by atoms with Crippen LogP contribution in [0.4, 0.5) is 10.5 Å². The molecule has 0 saturated heterocycles. The van der Waals surface area contributed by atoms with Gasteiger partial charge in [0.1, 0.15) is 23.2 Å². The molecule has 1 atom stereocenters. The molecule has 6 heteroatoms. The Labute approximate surface area is 135 Å². The predicted octanol–water partition coefficient (Wildman–Crippen LogP) is 3.31. The zero-order valence-electron chi connectivity index (χ0n) is 13.5. The fourth-order valence-electron chi connectivity index (χ4n) is 1.93. The van der Waals surface area contributed by atoms with E-state index in [2.05, 4.69) is 10.6 Å². The fraction of sp³-hybridized carbons (Fsp3) is 0.353. The molecule has 6 nitrogen and oxygen atoms in total. The molecule has 3 N–H and O–H groups in total. The van der Waals surface area contributed by atoms with E-state index < -0.39 is 12.1 Å². The van der Waals surface area contributed by atoms with Crippen molar-refractivity contribution in [2.24, 2.45) is 0 Å². The first kappa shape index (κ1) is 16.9. The van der Waals surface area contributed by atoms with Gasteiger partial charge in [-0.15, -0.1) is 0 Å². The number of para-hydroxylation sites is 2. The highest BCUT2D eigenvalue weighted by Gasteiger charge is 2.16. The van der Waals surface area contributed by atoms with Crippen molar-refractivity contribution in [3.05, 3.63) is 48.4 Å². The van der Waals surface area contributed by atoms with E-state index in [9.17, 15) is 9.90 Å². The van der Waals surface area contributed by atoms with Crippen molar-refractivity contribution in [1.29, 1.82) is 0 Å². The van der Waals surface area contributed by atoms with Gasteiger partial charge in [-0.2, -0.15) is 0 Å². The van der Waals surface area contributed by atoms with E-state index in [1.165, 1.54) is 6.26 Å². The van der Waals surface area contributed by atoms with Gasteiger partial charge in [0.05, 0.1) is 18.5 Å². The molecule has 1 aromatic carbocycles. The summed E-state index contributed by atoms with van der Waals surface area (Å²) in [6.07, 6.45) is 0.579. The number of hydrogen-bond donors (Lipinski definition) is 3. The molecular weight excluding hydrogens is 296 g/mol. The van der Waals surface area contributed by atoms with Gasteiger partial charge in [-0.3, -0.25) is 0 Å². The van der Waals surface area contributed by atoms with Gasteiger partial charge in [-0.05, 0) is 45.0 Å². The second-order valence-electron chi connectivity index (χ2n) is 6.08. The summed E-state index contributed by atoms with van der Waals surface area (Å²) >= 11 is 0. The number of carbonyl (C=O) groups is 1. The van der Waals surface area contributed by atoms with Gasteiger partial charge in [0.25, 0.3) is 0 Å². The van der Waals surface area contributed by atoms with Crippen LogP contribution in [0.1, 0.15) is 32.6 Å². The number of aliphatic hydroxyl groups excluding tert-OH is 1. The number of aliphatic hydroxyl groups is 1. The fourth-order valence-corrected chi connectivity index (χ4v) is 1.93. The first-order valence-corrected chi connectivity index (χ1v) is 7.39. The van der Waals surface area contributed by atoms with Crippen LogP contribution in [-0.4, -0.2) is 23.3 Å². The molecule has 0 spiro atoms. The molecule has 0 saturated carbocycles. The Hall–Kier alpha value is -2.47. The minimum Gasteiger partial charge on any atom is -0.486 e. The summed E-state index contributed by atoms with van der Waals surface area (Å²) in [6, 6.07) is 10.1. The second kappa shape index (κ2) is 7.19. The van der Waals surface area contributed by atoms with Crippen molar-refractivity contribution in [3.8, 4) is 5.75 Å². The first-order chi connectivity index (χ1) is 10.8. The van der Waals surface area contributed by atoms with Crippen LogP contribution in [0.15, 0.2) is 47.1 Å². The average Bonchev–Trinajstić information content (AvgIpc) is 2.99. The molecule has 0 bridgehead atoms. The third kappa shape index (κ3) is 5.34. The number of anilines is 1. The van der Waals surface area contributed by atoms with E-state index in [4.69, 9.17) is 9.15 Å². The summed E-state index contributed by atoms with van der Waals surface area (Å²) < 4.78 is 10.9. The Morgan fingerprint density at radius 1 is 1.26 bits per heavy atom. The molecule has 23 heavy (non-hydrogen) atoms. The van der Waals surface area contributed by atoms with Crippen molar-refractivity contribution >= 4 is 11.7 Å². The number of nitrogens with one attached hydrogen (secondary N) is 2. The van der Waals surface area contributed by atoms with Crippen molar-refractivity contribution in [2.75, 3.05) is 11.9 Å². The molecule has 0 aliphatic heterocycles. The Morgan fingerprint density at radius 3 is 2.65 bits per heavy atom. The average molecular weight is 318 g/mol.